The van der Waals surface area contributed by atoms with Crippen molar-refractivity contribution in [1.82, 2.24) is 4.90 Å². The number of amides is 2. The maximum Gasteiger partial charge on any atom is 0.262 e. The number of nitrogens with one attached hydrogen (secondary N) is 1. The maximum atomic E-state index is 12.8. The van der Waals surface area contributed by atoms with Gasteiger partial charge in [-0.05, 0) is 71.6 Å². The van der Waals surface area contributed by atoms with Crippen LogP contribution in [0.15, 0.2) is 45.3 Å². The summed E-state index contributed by atoms with van der Waals surface area (Å²) in [6.07, 6.45) is 4.44. The van der Waals surface area contributed by atoms with Crippen LogP contribution in [0.3, 0.4) is 0 Å². The van der Waals surface area contributed by atoms with Crippen molar-refractivity contribution in [3.63, 3.8) is 0 Å². The first-order valence-electron chi connectivity index (χ1n) is 9.71. The highest BCUT2D eigenvalue weighted by atomic mass is 79.9. The molecule has 0 spiro atoms. The van der Waals surface area contributed by atoms with Gasteiger partial charge < -0.3 is 15.0 Å². The van der Waals surface area contributed by atoms with Crippen molar-refractivity contribution < 1.29 is 14.3 Å². The molecule has 1 saturated heterocycles. The van der Waals surface area contributed by atoms with Crippen LogP contribution in [0.2, 0.25) is 0 Å². The molecule has 0 aromatic heterocycles. The summed E-state index contributed by atoms with van der Waals surface area (Å²) in [5.74, 6) is 0.376. The lowest BCUT2D eigenvalue weighted by atomic mass is 10.1. The summed E-state index contributed by atoms with van der Waals surface area (Å²) >= 11 is 6.88. The van der Waals surface area contributed by atoms with Gasteiger partial charge in [0.15, 0.2) is 6.61 Å². The average molecular weight is 524 g/mol. The van der Waals surface area contributed by atoms with E-state index in [1.807, 2.05) is 24.0 Å². The van der Waals surface area contributed by atoms with Crippen molar-refractivity contribution in [3.05, 3.63) is 56.5 Å². The normalized spacial score (nSPS) is 14.2. The lowest BCUT2D eigenvalue weighted by Crippen LogP contribution is -2.31. The van der Waals surface area contributed by atoms with Crippen LogP contribution in [0.1, 0.15) is 41.6 Å². The highest BCUT2D eigenvalue weighted by molar-refractivity contribution is 9.11. The first-order chi connectivity index (χ1) is 13.9. The average Bonchev–Trinajstić information content (AvgIpc) is 2.96. The van der Waals surface area contributed by atoms with Gasteiger partial charge in [0.2, 0.25) is 0 Å². The fourth-order valence-corrected chi connectivity index (χ4v) is 4.95. The zero-order chi connectivity index (χ0) is 20.8. The minimum Gasteiger partial charge on any atom is -0.482 e. The van der Waals surface area contributed by atoms with Crippen molar-refractivity contribution >= 4 is 49.4 Å². The van der Waals surface area contributed by atoms with E-state index in [9.17, 15) is 9.59 Å². The number of hydrogen-bond donors (Lipinski definition) is 1. The number of hydrogen-bond acceptors (Lipinski definition) is 3. The molecule has 2 aromatic carbocycles. The number of nitrogens with zero attached hydrogens (tertiary/aromatic N) is 1. The van der Waals surface area contributed by atoms with Gasteiger partial charge in [-0.25, -0.2) is 0 Å². The molecule has 5 nitrogen and oxygen atoms in total. The summed E-state index contributed by atoms with van der Waals surface area (Å²) in [5.41, 5.74) is 2.10. The van der Waals surface area contributed by atoms with Crippen LogP contribution < -0.4 is 10.1 Å². The van der Waals surface area contributed by atoms with Crippen molar-refractivity contribution in [1.29, 1.82) is 0 Å². The van der Waals surface area contributed by atoms with Crippen LogP contribution >= 0.6 is 31.9 Å². The van der Waals surface area contributed by atoms with E-state index in [0.717, 1.165) is 40.4 Å². The summed E-state index contributed by atoms with van der Waals surface area (Å²) < 4.78 is 7.40. The highest BCUT2D eigenvalue weighted by Crippen LogP contribution is 2.32. The number of carbonyl (C=O) groups excluding carboxylic acids is 2. The number of likely N-dealkylation sites (tertiary alicyclic amines) is 1. The van der Waals surface area contributed by atoms with Crippen LogP contribution in [0.25, 0.3) is 0 Å². The monoisotopic (exact) mass is 522 g/mol. The maximum absolute atomic E-state index is 12.8. The van der Waals surface area contributed by atoms with Crippen LogP contribution in [0.5, 0.6) is 5.75 Å². The molecule has 1 aliphatic rings. The number of aryl methyl sites for hydroxylation is 1. The Morgan fingerprint density at radius 1 is 1.07 bits per heavy atom. The Kier molecular flexibility index (Phi) is 7.72. The van der Waals surface area contributed by atoms with Gasteiger partial charge in [-0.15, -0.1) is 0 Å². The number of carbonyl (C=O) groups is 2. The van der Waals surface area contributed by atoms with E-state index in [2.05, 4.69) is 37.2 Å². The van der Waals surface area contributed by atoms with Crippen LogP contribution in [-0.4, -0.2) is 36.4 Å². The first-order valence-corrected chi connectivity index (χ1v) is 11.3. The third-order valence-corrected chi connectivity index (χ3v) is 5.88. The fourth-order valence-electron chi connectivity index (χ4n) is 3.39. The van der Waals surface area contributed by atoms with E-state index in [-0.39, 0.29) is 18.4 Å². The van der Waals surface area contributed by atoms with Crippen LogP contribution in [0.4, 0.5) is 5.69 Å². The molecule has 0 saturated carbocycles. The molecule has 7 heteroatoms. The van der Waals surface area contributed by atoms with Crippen molar-refractivity contribution in [2.75, 3.05) is 25.0 Å². The van der Waals surface area contributed by atoms with Crippen LogP contribution in [-0.2, 0) is 4.79 Å². The second-order valence-corrected chi connectivity index (χ2v) is 8.93. The summed E-state index contributed by atoms with van der Waals surface area (Å²) in [6, 6.07) is 10.9. The van der Waals surface area contributed by atoms with Gasteiger partial charge in [0.1, 0.15) is 5.75 Å². The predicted octanol–water partition coefficient (Wildman–Crippen LogP) is 5.55. The van der Waals surface area contributed by atoms with Gasteiger partial charge in [-0.1, -0.05) is 34.8 Å². The van der Waals surface area contributed by atoms with Gasteiger partial charge in [-0.2, -0.15) is 0 Å². The number of halogens is 2. The van der Waals surface area contributed by atoms with Gasteiger partial charge in [0.05, 0.1) is 4.47 Å². The van der Waals surface area contributed by atoms with E-state index >= 15 is 0 Å². The highest BCUT2D eigenvalue weighted by Gasteiger charge is 2.18. The first kappa shape index (κ1) is 21.8. The Balaban J connectivity index is 1.61. The lowest BCUT2D eigenvalue weighted by Gasteiger charge is -2.20. The molecule has 2 aromatic rings. The molecule has 2 amide bonds. The molecular weight excluding hydrogens is 500 g/mol. The van der Waals surface area contributed by atoms with Gasteiger partial charge in [0.25, 0.3) is 11.8 Å². The molecular formula is C22H24Br2N2O3. The molecule has 1 N–H and O–H groups in total. The molecule has 0 unspecified atom stereocenters. The Bertz CT molecular complexity index is 870. The summed E-state index contributed by atoms with van der Waals surface area (Å²) in [5, 5.41) is 2.81. The van der Waals surface area contributed by atoms with E-state index < -0.39 is 0 Å². The van der Waals surface area contributed by atoms with Crippen molar-refractivity contribution in [2.24, 2.45) is 0 Å². The Morgan fingerprint density at radius 2 is 1.79 bits per heavy atom. The third kappa shape index (κ3) is 6.06. The summed E-state index contributed by atoms with van der Waals surface area (Å²) in [6.45, 7) is 3.39. The Labute approximate surface area is 188 Å². The van der Waals surface area contributed by atoms with Gasteiger partial charge in [0, 0.05) is 28.8 Å². The second-order valence-electron chi connectivity index (χ2n) is 7.16. The summed E-state index contributed by atoms with van der Waals surface area (Å²) in [7, 11) is 0. The van der Waals surface area contributed by atoms with Crippen molar-refractivity contribution in [3.8, 4) is 5.75 Å². The number of rotatable bonds is 5. The lowest BCUT2D eigenvalue weighted by molar-refractivity contribution is -0.118. The minimum atomic E-state index is -0.279. The molecule has 1 aliphatic heterocycles. The summed E-state index contributed by atoms with van der Waals surface area (Å²) in [4.78, 5) is 27.0. The zero-order valence-corrected chi connectivity index (χ0v) is 19.5. The molecule has 0 radical (unpaired) electrons. The van der Waals surface area contributed by atoms with Gasteiger partial charge in [-0.3, -0.25) is 9.59 Å². The predicted molar refractivity (Wildman–Crippen MR) is 122 cm³/mol. The van der Waals surface area contributed by atoms with Crippen LogP contribution in [0, 0.1) is 6.92 Å². The molecule has 154 valence electrons. The quantitative estimate of drug-likeness (QED) is 0.558. The Hall–Kier alpha value is -1.86. The fraction of sp³-hybridized carbons (Fsp3) is 0.364. The standard InChI is InChI=1S/C22H24Br2N2O3/c1-15-11-17(23)13-19(24)21(15)29-14-20(27)25-18-8-6-7-16(12-18)22(28)26-9-4-2-3-5-10-26/h6-8,11-13H,2-5,9-10,14H2,1H3,(H,25,27). The number of ether oxygens (including phenoxy) is 1. The third-order valence-electron chi connectivity index (χ3n) is 4.83. The van der Waals surface area contributed by atoms with Crippen molar-refractivity contribution in [2.45, 2.75) is 32.6 Å². The molecule has 29 heavy (non-hydrogen) atoms. The van der Waals surface area contributed by atoms with E-state index in [1.54, 1.807) is 24.3 Å². The zero-order valence-electron chi connectivity index (χ0n) is 16.3. The van der Waals surface area contributed by atoms with Gasteiger partial charge >= 0.3 is 0 Å². The Morgan fingerprint density at radius 3 is 2.48 bits per heavy atom. The smallest absolute Gasteiger partial charge is 0.262 e. The van der Waals surface area contributed by atoms with E-state index in [0.29, 0.717) is 17.0 Å². The molecule has 1 fully saturated rings. The molecule has 3 rings (SSSR count). The number of anilines is 1. The van der Waals surface area contributed by atoms with E-state index in [1.165, 1.54) is 12.8 Å². The SMILES string of the molecule is Cc1cc(Br)cc(Br)c1OCC(=O)Nc1cccc(C(=O)N2CCCCCC2)c1. The minimum absolute atomic E-state index is 0.0219. The topological polar surface area (TPSA) is 58.6 Å². The molecule has 0 aliphatic carbocycles. The number of benzene rings is 2. The molecule has 1 heterocycles. The molecule has 0 atom stereocenters. The van der Waals surface area contributed by atoms with E-state index in [4.69, 9.17) is 4.74 Å². The largest absolute Gasteiger partial charge is 0.482 e. The molecule has 0 bridgehead atoms. The second kappa shape index (κ2) is 10.3.